The van der Waals surface area contributed by atoms with E-state index >= 15 is 0 Å². The highest BCUT2D eigenvalue weighted by Gasteiger charge is 2.19. The molecule has 1 unspecified atom stereocenters. The van der Waals surface area contributed by atoms with Gasteiger partial charge in [0.05, 0.1) is 6.04 Å². The number of nitrogens with zero attached hydrogens (tertiary/aromatic N) is 1. The molecular weight excluding hydrogens is 134 g/mol. The summed E-state index contributed by atoms with van der Waals surface area (Å²) in [6, 6.07) is 0.472. The number of hydrogen-bond acceptors (Lipinski definition) is 1. The summed E-state index contributed by atoms with van der Waals surface area (Å²) in [6.45, 7) is 12.6. The highest BCUT2D eigenvalue weighted by molar-refractivity contribution is 5.24. The van der Waals surface area contributed by atoms with Gasteiger partial charge in [0.25, 0.3) is 0 Å². The predicted molar refractivity (Wildman–Crippen MR) is 52.2 cm³/mol. The van der Waals surface area contributed by atoms with Crippen molar-refractivity contribution in [2.75, 3.05) is 0 Å². The summed E-state index contributed by atoms with van der Waals surface area (Å²) in [4.78, 5) is 4.15. The van der Waals surface area contributed by atoms with Crippen LogP contribution in [0.5, 0.6) is 0 Å². The topological polar surface area (TPSA) is 12.4 Å². The molecule has 0 aliphatic heterocycles. The average molecular weight is 155 g/mol. The van der Waals surface area contributed by atoms with E-state index < -0.39 is 0 Å². The van der Waals surface area contributed by atoms with E-state index in [1.54, 1.807) is 0 Å². The van der Waals surface area contributed by atoms with E-state index in [4.69, 9.17) is 0 Å². The van der Waals surface area contributed by atoms with Gasteiger partial charge in [0.15, 0.2) is 0 Å². The second kappa shape index (κ2) is 5.34. The van der Waals surface area contributed by atoms with Crippen molar-refractivity contribution < 1.29 is 0 Å². The quantitative estimate of drug-likeness (QED) is 0.541. The lowest BCUT2D eigenvalue weighted by atomic mass is 9.85. The van der Waals surface area contributed by atoms with Gasteiger partial charge >= 0.3 is 0 Å². The van der Waals surface area contributed by atoms with Gasteiger partial charge in [-0.25, -0.2) is 0 Å². The lowest BCUT2D eigenvalue weighted by Gasteiger charge is -2.24. The molecule has 0 aromatic heterocycles. The van der Waals surface area contributed by atoms with Crippen LogP contribution in [-0.4, -0.2) is 12.8 Å². The largest absolute Gasteiger partial charge is 0.297 e. The highest BCUT2D eigenvalue weighted by Crippen LogP contribution is 2.23. The maximum Gasteiger partial charge on any atom is 0.0520 e. The van der Waals surface area contributed by atoms with Crippen LogP contribution in [-0.2, 0) is 0 Å². The molecule has 0 rings (SSSR count). The first-order chi connectivity index (χ1) is 5.17. The maximum atomic E-state index is 4.15. The van der Waals surface area contributed by atoms with Crippen molar-refractivity contribution in [3.63, 3.8) is 0 Å². The molecule has 0 radical (unpaired) electrons. The Morgan fingerprint density at radius 3 is 1.82 bits per heavy atom. The molecule has 0 saturated heterocycles. The van der Waals surface area contributed by atoms with Crippen molar-refractivity contribution in [2.24, 2.45) is 16.8 Å². The van der Waals surface area contributed by atoms with E-state index in [-0.39, 0.29) is 0 Å². The molecule has 0 bridgehead atoms. The van der Waals surface area contributed by atoms with Crippen molar-refractivity contribution in [3.05, 3.63) is 0 Å². The van der Waals surface area contributed by atoms with Crippen molar-refractivity contribution in [1.82, 2.24) is 0 Å². The molecule has 2 atom stereocenters. The summed E-state index contributed by atoms with van der Waals surface area (Å²) in [6.07, 6.45) is 2.34. The number of rotatable bonds is 5. The van der Waals surface area contributed by atoms with E-state index in [2.05, 4.69) is 39.4 Å². The van der Waals surface area contributed by atoms with Gasteiger partial charge in [0.1, 0.15) is 0 Å². The van der Waals surface area contributed by atoms with Crippen molar-refractivity contribution in [1.29, 1.82) is 0 Å². The summed E-state index contributed by atoms with van der Waals surface area (Å²) < 4.78 is 0. The molecule has 0 spiro atoms. The molecule has 0 aliphatic carbocycles. The predicted octanol–water partition coefficient (Wildman–Crippen LogP) is 3.15. The first kappa shape index (κ1) is 10.7. The fourth-order valence-corrected chi connectivity index (χ4v) is 1.76. The van der Waals surface area contributed by atoms with Crippen LogP contribution in [0.4, 0.5) is 0 Å². The molecule has 0 aromatic carbocycles. The summed E-state index contributed by atoms with van der Waals surface area (Å²) in [5.74, 6) is 1.45. The normalized spacial score (nSPS) is 16.5. The van der Waals surface area contributed by atoms with E-state index in [1.165, 1.54) is 6.42 Å². The third kappa shape index (κ3) is 3.04. The van der Waals surface area contributed by atoms with Gasteiger partial charge in [-0.1, -0.05) is 34.1 Å². The first-order valence-corrected chi connectivity index (χ1v) is 4.63. The van der Waals surface area contributed by atoms with Crippen LogP contribution in [0.2, 0.25) is 0 Å². The minimum absolute atomic E-state index is 0.472. The zero-order chi connectivity index (χ0) is 8.85. The molecule has 1 heteroatoms. The van der Waals surface area contributed by atoms with Crippen molar-refractivity contribution in [2.45, 2.75) is 46.6 Å². The fourth-order valence-electron chi connectivity index (χ4n) is 1.76. The average Bonchev–Trinajstić information content (AvgIpc) is 1.99. The second-order valence-corrected chi connectivity index (χ2v) is 3.47. The van der Waals surface area contributed by atoms with E-state index in [0.29, 0.717) is 6.04 Å². The standard InChI is InChI=1S/C10H21N/c1-6-9(8(3)4)10(7-2)11-5/h8-10H,5-7H2,1-4H3/t9?,10-/m0/s1. The second-order valence-electron chi connectivity index (χ2n) is 3.47. The van der Waals surface area contributed by atoms with E-state index in [1.807, 2.05) is 0 Å². The minimum Gasteiger partial charge on any atom is -0.297 e. The Kier molecular flexibility index (Phi) is 5.18. The molecule has 0 heterocycles. The molecule has 11 heavy (non-hydrogen) atoms. The zero-order valence-electron chi connectivity index (χ0n) is 8.30. The van der Waals surface area contributed by atoms with Crippen LogP contribution >= 0.6 is 0 Å². The molecule has 0 aliphatic rings. The van der Waals surface area contributed by atoms with Crippen LogP contribution in [0.25, 0.3) is 0 Å². The highest BCUT2D eigenvalue weighted by atomic mass is 14.8. The maximum absolute atomic E-state index is 4.15. The van der Waals surface area contributed by atoms with Gasteiger partial charge in [-0.3, -0.25) is 4.99 Å². The Hall–Kier alpha value is -0.330. The molecule has 0 amide bonds. The summed E-state index contributed by atoms with van der Waals surface area (Å²) in [5, 5.41) is 0. The third-order valence-electron chi connectivity index (χ3n) is 2.47. The van der Waals surface area contributed by atoms with Crippen molar-refractivity contribution >= 4 is 6.72 Å². The lowest BCUT2D eigenvalue weighted by molar-refractivity contribution is 0.305. The molecule has 66 valence electrons. The third-order valence-corrected chi connectivity index (χ3v) is 2.47. The molecule has 0 saturated carbocycles. The summed E-state index contributed by atoms with van der Waals surface area (Å²) >= 11 is 0. The van der Waals surface area contributed by atoms with Crippen LogP contribution in [0.15, 0.2) is 4.99 Å². The zero-order valence-corrected chi connectivity index (χ0v) is 8.30. The Labute approximate surface area is 70.9 Å². The molecular formula is C10H21N. The molecule has 0 N–H and O–H groups in total. The van der Waals surface area contributed by atoms with Gasteiger partial charge in [-0.2, -0.15) is 0 Å². The van der Waals surface area contributed by atoms with Gasteiger partial charge < -0.3 is 0 Å². The fraction of sp³-hybridized carbons (Fsp3) is 0.900. The minimum atomic E-state index is 0.472. The summed E-state index contributed by atoms with van der Waals surface area (Å²) in [7, 11) is 0. The van der Waals surface area contributed by atoms with Gasteiger partial charge in [-0.15, -0.1) is 0 Å². The van der Waals surface area contributed by atoms with Gasteiger partial charge in [0, 0.05) is 0 Å². The Bertz CT molecular complexity index is 107. The number of aliphatic imine (C=N–C) groups is 1. The SMILES string of the molecule is C=N[C@@H](CC)C(CC)C(C)C. The monoisotopic (exact) mass is 155 g/mol. The first-order valence-electron chi connectivity index (χ1n) is 4.63. The lowest BCUT2D eigenvalue weighted by Crippen LogP contribution is -2.22. The van der Waals surface area contributed by atoms with Crippen LogP contribution in [0, 0.1) is 11.8 Å². The molecule has 0 fully saturated rings. The smallest absolute Gasteiger partial charge is 0.0520 e. The van der Waals surface area contributed by atoms with Crippen LogP contribution in [0.3, 0.4) is 0 Å². The molecule has 0 aromatic rings. The van der Waals surface area contributed by atoms with E-state index in [9.17, 15) is 0 Å². The van der Waals surface area contributed by atoms with E-state index in [0.717, 1.165) is 18.3 Å². The van der Waals surface area contributed by atoms with Gasteiger partial charge in [-0.05, 0) is 25.0 Å². The van der Waals surface area contributed by atoms with Crippen LogP contribution in [0.1, 0.15) is 40.5 Å². The Morgan fingerprint density at radius 1 is 1.18 bits per heavy atom. The Balaban J connectivity index is 4.08. The van der Waals surface area contributed by atoms with Crippen molar-refractivity contribution in [3.8, 4) is 0 Å². The van der Waals surface area contributed by atoms with Gasteiger partial charge in [0.2, 0.25) is 0 Å². The summed E-state index contributed by atoms with van der Waals surface area (Å²) in [5.41, 5.74) is 0. The molecule has 1 nitrogen and oxygen atoms in total. The van der Waals surface area contributed by atoms with Crippen LogP contribution < -0.4 is 0 Å². The Morgan fingerprint density at radius 2 is 1.73 bits per heavy atom. The number of hydrogen-bond donors (Lipinski definition) is 0.